The fourth-order valence-electron chi connectivity index (χ4n) is 6.46. The number of esters is 1. The number of likely N-dealkylation sites (tertiary alicyclic amines) is 2. The fraction of sp³-hybridized carbons (Fsp3) is 0.625. The Bertz CT molecular complexity index is 1100. The van der Waals surface area contributed by atoms with Gasteiger partial charge in [-0.1, -0.05) is 32.4 Å². The van der Waals surface area contributed by atoms with E-state index >= 15 is 0 Å². The van der Waals surface area contributed by atoms with Gasteiger partial charge in [0.1, 0.15) is 6.61 Å². The van der Waals surface area contributed by atoms with Crippen LogP contribution in [-0.4, -0.2) is 87.2 Å². The minimum atomic E-state index is -4.48. The third kappa shape index (κ3) is 8.16. The second kappa shape index (κ2) is 15.6. The third-order valence-electron chi connectivity index (χ3n) is 8.64. The zero-order chi connectivity index (χ0) is 29.4. The molecule has 0 spiro atoms. The highest BCUT2D eigenvalue weighted by molar-refractivity contribution is 5.92. The van der Waals surface area contributed by atoms with Gasteiger partial charge in [0.05, 0.1) is 18.2 Å². The predicted octanol–water partition coefficient (Wildman–Crippen LogP) is 5.98. The quantitative estimate of drug-likeness (QED) is 0.231. The van der Waals surface area contributed by atoms with E-state index in [9.17, 15) is 22.8 Å². The number of ether oxygens (including phenoxy) is 2. The number of piperidine rings is 2. The SMILES string of the molecule is C.COC(=O)C1=C(CCN2CCCCC2)N(C)C(CCN2CCCCC2)=C(COC=O)C1c1ccc(C(F)(F)F)cc1. The van der Waals surface area contributed by atoms with Gasteiger partial charge in [0, 0.05) is 50.3 Å². The summed E-state index contributed by atoms with van der Waals surface area (Å²) in [6.45, 7) is 5.90. The molecular weight excluding hydrogens is 547 g/mol. The highest BCUT2D eigenvalue weighted by atomic mass is 19.4. The summed E-state index contributed by atoms with van der Waals surface area (Å²) in [6, 6.07) is 4.93. The van der Waals surface area contributed by atoms with Gasteiger partial charge in [0.2, 0.25) is 0 Å². The number of benzene rings is 1. The molecule has 2 fully saturated rings. The van der Waals surface area contributed by atoms with Crippen LogP contribution in [0.15, 0.2) is 46.8 Å². The van der Waals surface area contributed by atoms with Crippen LogP contribution in [0.1, 0.15) is 75.8 Å². The van der Waals surface area contributed by atoms with Crippen molar-refractivity contribution in [1.82, 2.24) is 14.7 Å². The Kier molecular flexibility index (Phi) is 12.5. The monoisotopic (exact) mass is 593 g/mol. The normalized spacial score (nSPS) is 20.8. The largest absolute Gasteiger partial charge is 0.466 e. The lowest BCUT2D eigenvalue weighted by Crippen LogP contribution is -2.38. The smallest absolute Gasteiger partial charge is 0.416 e. The number of nitrogens with zero attached hydrogens (tertiary/aromatic N) is 3. The first-order valence-corrected chi connectivity index (χ1v) is 14.7. The first-order valence-electron chi connectivity index (χ1n) is 14.7. The summed E-state index contributed by atoms with van der Waals surface area (Å²) < 4.78 is 50.8. The van der Waals surface area contributed by atoms with Gasteiger partial charge in [-0.2, -0.15) is 13.2 Å². The Morgan fingerprint density at radius 1 is 0.905 bits per heavy atom. The van der Waals surface area contributed by atoms with E-state index < -0.39 is 23.6 Å². The molecule has 0 aromatic heterocycles. The Morgan fingerprint density at radius 2 is 1.43 bits per heavy atom. The summed E-state index contributed by atoms with van der Waals surface area (Å²) in [6.07, 6.45) is 3.79. The Hall–Kier alpha value is -2.85. The van der Waals surface area contributed by atoms with Gasteiger partial charge in [-0.3, -0.25) is 4.79 Å². The molecule has 234 valence electrons. The number of alkyl halides is 3. The van der Waals surface area contributed by atoms with Crippen molar-refractivity contribution in [2.75, 3.05) is 60.0 Å². The van der Waals surface area contributed by atoms with E-state index in [2.05, 4.69) is 9.80 Å². The summed E-state index contributed by atoms with van der Waals surface area (Å²) in [5, 5.41) is 0. The molecule has 7 nitrogen and oxygen atoms in total. The molecular formula is C32H46F3N3O4. The molecule has 42 heavy (non-hydrogen) atoms. The molecule has 1 aromatic carbocycles. The first kappa shape index (κ1) is 33.6. The number of carbonyl (C=O) groups excluding carboxylic acids is 2. The first-order chi connectivity index (χ1) is 19.7. The Labute approximate surface area is 248 Å². The van der Waals surface area contributed by atoms with Crippen molar-refractivity contribution in [3.05, 3.63) is 57.9 Å². The zero-order valence-corrected chi connectivity index (χ0v) is 24.2. The fourth-order valence-corrected chi connectivity index (χ4v) is 6.46. The summed E-state index contributed by atoms with van der Waals surface area (Å²) in [4.78, 5) is 31.7. The van der Waals surface area contributed by atoms with Crippen molar-refractivity contribution in [3.63, 3.8) is 0 Å². The van der Waals surface area contributed by atoms with Gasteiger partial charge in [-0.05, 0) is 75.1 Å². The molecule has 0 amide bonds. The molecule has 4 rings (SSSR count). The van der Waals surface area contributed by atoms with Crippen LogP contribution in [0.25, 0.3) is 0 Å². The maximum atomic E-state index is 13.5. The van der Waals surface area contributed by atoms with Crippen LogP contribution in [0, 0.1) is 0 Å². The zero-order valence-electron chi connectivity index (χ0n) is 24.2. The molecule has 0 aliphatic carbocycles. The number of rotatable bonds is 11. The number of hydrogen-bond acceptors (Lipinski definition) is 7. The molecule has 0 radical (unpaired) electrons. The minimum absolute atomic E-state index is 0. The minimum Gasteiger partial charge on any atom is -0.466 e. The molecule has 0 N–H and O–H groups in total. The lowest BCUT2D eigenvalue weighted by atomic mass is 9.78. The molecule has 1 unspecified atom stereocenters. The predicted molar refractivity (Wildman–Crippen MR) is 157 cm³/mol. The van der Waals surface area contributed by atoms with Crippen LogP contribution < -0.4 is 0 Å². The molecule has 0 saturated carbocycles. The van der Waals surface area contributed by atoms with Crippen LogP contribution >= 0.6 is 0 Å². The van der Waals surface area contributed by atoms with Crippen molar-refractivity contribution >= 4 is 12.4 Å². The number of carbonyl (C=O) groups is 2. The van der Waals surface area contributed by atoms with E-state index in [1.165, 1.54) is 32.1 Å². The molecule has 1 atom stereocenters. The average Bonchev–Trinajstić information content (AvgIpc) is 2.99. The summed E-state index contributed by atoms with van der Waals surface area (Å²) in [7, 11) is 3.25. The highest BCUT2D eigenvalue weighted by Crippen LogP contribution is 2.44. The maximum Gasteiger partial charge on any atom is 0.416 e. The number of halogens is 3. The standard InChI is InChI=1S/C31H42F3N3O4.CH4/c1-35-26(13-19-36-15-5-3-6-16-36)25(21-41-22-38)28(23-9-11-24(12-10-23)31(32,33)34)29(30(39)40-2)27(35)14-20-37-17-7-4-8-18-37;/h9-12,22,28H,3-8,13-21H2,1-2H3;1H4. The van der Waals surface area contributed by atoms with E-state index in [4.69, 9.17) is 9.47 Å². The van der Waals surface area contributed by atoms with Gasteiger partial charge in [0.15, 0.2) is 0 Å². The van der Waals surface area contributed by atoms with Gasteiger partial charge in [-0.15, -0.1) is 0 Å². The van der Waals surface area contributed by atoms with E-state index in [0.29, 0.717) is 36.0 Å². The van der Waals surface area contributed by atoms with Crippen molar-refractivity contribution in [2.45, 2.75) is 70.9 Å². The van der Waals surface area contributed by atoms with Crippen molar-refractivity contribution in [1.29, 1.82) is 0 Å². The van der Waals surface area contributed by atoms with E-state index in [1.54, 1.807) is 0 Å². The van der Waals surface area contributed by atoms with Crippen LogP contribution in [0.3, 0.4) is 0 Å². The Balaban J connectivity index is 0.00000484. The topological polar surface area (TPSA) is 62.3 Å². The second-order valence-corrected chi connectivity index (χ2v) is 11.1. The van der Waals surface area contributed by atoms with Crippen LogP contribution in [0.5, 0.6) is 0 Å². The van der Waals surface area contributed by atoms with Gasteiger partial charge in [0.25, 0.3) is 6.47 Å². The maximum absolute atomic E-state index is 13.5. The van der Waals surface area contributed by atoms with Crippen LogP contribution in [-0.2, 0) is 25.2 Å². The molecule has 1 aromatic rings. The van der Waals surface area contributed by atoms with E-state index in [-0.39, 0.29) is 14.0 Å². The molecule has 0 bridgehead atoms. The van der Waals surface area contributed by atoms with Crippen LogP contribution in [0.4, 0.5) is 13.2 Å². The van der Waals surface area contributed by atoms with E-state index in [1.807, 2.05) is 11.9 Å². The van der Waals surface area contributed by atoms with Gasteiger partial charge < -0.3 is 24.2 Å². The van der Waals surface area contributed by atoms with Gasteiger partial charge in [-0.25, -0.2) is 4.79 Å². The highest BCUT2D eigenvalue weighted by Gasteiger charge is 2.39. The second-order valence-electron chi connectivity index (χ2n) is 11.1. The molecule has 3 aliphatic rings. The average molecular weight is 594 g/mol. The van der Waals surface area contributed by atoms with Gasteiger partial charge >= 0.3 is 12.1 Å². The Morgan fingerprint density at radius 3 is 1.90 bits per heavy atom. The summed E-state index contributed by atoms with van der Waals surface area (Å²) in [5.74, 6) is -1.23. The molecule has 2 saturated heterocycles. The van der Waals surface area contributed by atoms with Crippen molar-refractivity contribution in [3.8, 4) is 0 Å². The summed E-state index contributed by atoms with van der Waals surface area (Å²) in [5.41, 5.74) is 2.58. The lowest BCUT2D eigenvalue weighted by molar-refractivity contribution is -0.138. The number of hydrogen-bond donors (Lipinski definition) is 0. The number of methoxy groups -OCH3 is 1. The molecule has 3 aliphatic heterocycles. The summed E-state index contributed by atoms with van der Waals surface area (Å²) >= 11 is 0. The van der Waals surface area contributed by atoms with Crippen molar-refractivity contribution in [2.24, 2.45) is 0 Å². The lowest BCUT2D eigenvalue weighted by Gasteiger charge is -2.40. The van der Waals surface area contributed by atoms with Crippen LogP contribution in [0.2, 0.25) is 0 Å². The molecule has 10 heteroatoms. The van der Waals surface area contributed by atoms with E-state index in [0.717, 1.165) is 88.5 Å². The molecule has 3 heterocycles. The third-order valence-corrected chi connectivity index (χ3v) is 8.64. The van der Waals surface area contributed by atoms with Crippen molar-refractivity contribution < 1.29 is 32.2 Å².